The van der Waals surface area contributed by atoms with Crippen molar-refractivity contribution < 1.29 is 4.79 Å². The molecule has 1 amide bonds. The molecule has 0 spiro atoms. The minimum atomic E-state index is -0.114. The van der Waals surface area contributed by atoms with Gasteiger partial charge in [-0.05, 0) is 49.6 Å². The van der Waals surface area contributed by atoms with Gasteiger partial charge in [-0.15, -0.1) is 0 Å². The van der Waals surface area contributed by atoms with Crippen molar-refractivity contribution in [1.82, 2.24) is 4.98 Å². The van der Waals surface area contributed by atoms with E-state index in [1.165, 1.54) is 0 Å². The normalized spacial score (nSPS) is 10.3. The number of rotatable bonds is 4. The van der Waals surface area contributed by atoms with Crippen molar-refractivity contribution in [1.29, 1.82) is 0 Å². The first-order valence-electron chi connectivity index (χ1n) is 7.10. The third kappa shape index (κ3) is 3.60. The lowest BCUT2D eigenvalue weighted by atomic mass is 10.1. The van der Waals surface area contributed by atoms with Gasteiger partial charge in [0, 0.05) is 24.0 Å². The molecule has 0 saturated heterocycles. The van der Waals surface area contributed by atoms with E-state index in [2.05, 4.69) is 15.6 Å². The number of pyridine rings is 1. The molecule has 1 aromatic carbocycles. The number of carbonyl (C=O) groups excluding carboxylic acids is 1. The minimum absolute atomic E-state index is 0.114. The van der Waals surface area contributed by atoms with Crippen LogP contribution in [0.1, 0.15) is 34.1 Å². The highest BCUT2D eigenvalue weighted by Crippen LogP contribution is 2.18. The molecule has 4 heteroatoms. The molecule has 21 heavy (non-hydrogen) atoms. The molecule has 0 aliphatic carbocycles. The number of nitrogens with one attached hydrogen (secondary N) is 2. The van der Waals surface area contributed by atoms with E-state index < -0.39 is 0 Å². The first-order chi connectivity index (χ1) is 10.0. The number of amides is 1. The van der Waals surface area contributed by atoms with Gasteiger partial charge in [0.15, 0.2) is 0 Å². The molecule has 0 unspecified atom stereocenters. The SMILES string of the molecule is CCc1cc(C(=O)Nc2cc(C)ccc2C)cc(NC)n1. The second kappa shape index (κ2) is 6.39. The van der Waals surface area contributed by atoms with Gasteiger partial charge in [0.1, 0.15) is 5.82 Å². The van der Waals surface area contributed by atoms with Crippen molar-refractivity contribution in [2.24, 2.45) is 0 Å². The van der Waals surface area contributed by atoms with Crippen LogP contribution in [0.5, 0.6) is 0 Å². The van der Waals surface area contributed by atoms with E-state index in [1.807, 2.05) is 45.0 Å². The summed E-state index contributed by atoms with van der Waals surface area (Å²) >= 11 is 0. The molecule has 0 aliphatic rings. The van der Waals surface area contributed by atoms with Crippen molar-refractivity contribution in [3.05, 3.63) is 52.7 Å². The maximum atomic E-state index is 12.4. The van der Waals surface area contributed by atoms with Crippen LogP contribution in [0.15, 0.2) is 30.3 Å². The zero-order valence-corrected chi connectivity index (χ0v) is 12.9. The zero-order chi connectivity index (χ0) is 15.4. The summed E-state index contributed by atoms with van der Waals surface area (Å²) in [6.07, 6.45) is 0.791. The molecule has 1 heterocycles. The van der Waals surface area contributed by atoms with Gasteiger partial charge < -0.3 is 10.6 Å². The molecule has 2 aromatic rings. The summed E-state index contributed by atoms with van der Waals surface area (Å²) in [5, 5.41) is 5.97. The predicted octanol–water partition coefficient (Wildman–Crippen LogP) is 3.55. The molecule has 0 bridgehead atoms. The molecule has 110 valence electrons. The van der Waals surface area contributed by atoms with Crippen molar-refractivity contribution >= 4 is 17.4 Å². The van der Waals surface area contributed by atoms with Gasteiger partial charge in [-0.25, -0.2) is 4.98 Å². The van der Waals surface area contributed by atoms with Crippen LogP contribution in [-0.4, -0.2) is 17.9 Å². The third-order valence-electron chi connectivity index (χ3n) is 3.40. The van der Waals surface area contributed by atoms with Gasteiger partial charge >= 0.3 is 0 Å². The Morgan fingerprint density at radius 2 is 1.95 bits per heavy atom. The van der Waals surface area contributed by atoms with Crippen LogP contribution in [0.25, 0.3) is 0 Å². The number of hydrogen-bond acceptors (Lipinski definition) is 3. The van der Waals surface area contributed by atoms with Crippen LogP contribution in [0, 0.1) is 13.8 Å². The first kappa shape index (κ1) is 15.0. The molecule has 1 aromatic heterocycles. The molecule has 0 radical (unpaired) electrons. The number of nitrogens with zero attached hydrogens (tertiary/aromatic N) is 1. The van der Waals surface area contributed by atoms with Gasteiger partial charge in [-0.1, -0.05) is 19.1 Å². The number of carbonyl (C=O) groups is 1. The fourth-order valence-electron chi connectivity index (χ4n) is 2.09. The number of anilines is 2. The second-order valence-corrected chi connectivity index (χ2v) is 5.11. The monoisotopic (exact) mass is 283 g/mol. The van der Waals surface area contributed by atoms with Gasteiger partial charge in [0.25, 0.3) is 5.91 Å². The van der Waals surface area contributed by atoms with Crippen LogP contribution in [0.3, 0.4) is 0 Å². The average molecular weight is 283 g/mol. The van der Waals surface area contributed by atoms with Gasteiger partial charge in [-0.3, -0.25) is 4.79 Å². The third-order valence-corrected chi connectivity index (χ3v) is 3.40. The number of benzene rings is 1. The van der Waals surface area contributed by atoms with Crippen molar-refractivity contribution in [2.45, 2.75) is 27.2 Å². The molecule has 0 atom stereocenters. The highest BCUT2D eigenvalue weighted by molar-refractivity contribution is 6.05. The van der Waals surface area contributed by atoms with E-state index in [1.54, 1.807) is 13.1 Å². The Balaban J connectivity index is 2.29. The maximum Gasteiger partial charge on any atom is 0.255 e. The summed E-state index contributed by atoms with van der Waals surface area (Å²) in [7, 11) is 1.80. The van der Waals surface area contributed by atoms with Crippen molar-refractivity contribution in [3.8, 4) is 0 Å². The van der Waals surface area contributed by atoms with E-state index in [4.69, 9.17) is 0 Å². The molecule has 2 N–H and O–H groups in total. The topological polar surface area (TPSA) is 54.0 Å². The predicted molar refractivity (Wildman–Crippen MR) is 87.0 cm³/mol. The molecule has 2 rings (SSSR count). The minimum Gasteiger partial charge on any atom is -0.373 e. The summed E-state index contributed by atoms with van der Waals surface area (Å²) in [4.78, 5) is 16.8. The van der Waals surface area contributed by atoms with E-state index >= 15 is 0 Å². The summed E-state index contributed by atoms with van der Waals surface area (Å²) in [5.74, 6) is 0.595. The van der Waals surface area contributed by atoms with Gasteiger partial charge in [0.2, 0.25) is 0 Å². The molecule has 0 aliphatic heterocycles. The van der Waals surface area contributed by atoms with E-state index in [0.717, 1.165) is 28.9 Å². The zero-order valence-electron chi connectivity index (χ0n) is 12.9. The Morgan fingerprint density at radius 3 is 2.62 bits per heavy atom. The smallest absolute Gasteiger partial charge is 0.255 e. The number of aryl methyl sites for hydroxylation is 3. The van der Waals surface area contributed by atoms with E-state index in [9.17, 15) is 4.79 Å². The Hall–Kier alpha value is -2.36. The quantitative estimate of drug-likeness (QED) is 0.902. The highest BCUT2D eigenvalue weighted by Gasteiger charge is 2.10. The van der Waals surface area contributed by atoms with Gasteiger partial charge in [0.05, 0.1) is 0 Å². The van der Waals surface area contributed by atoms with Crippen LogP contribution in [-0.2, 0) is 6.42 Å². The molecular formula is C17H21N3O. The number of aromatic nitrogens is 1. The summed E-state index contributed by atoms with van der Waals surface area (Å²) in [5.41, 5.74) is 4.53. The number of hydrogen-bond donors (Lipinski definition) is 2. The lowest BCUT2D eigenvalue weighted by Crippen LogP contribution is -2.14. The van der Waals surface area contributed by atoms with Gasteiger partial charge in [-0.2, -0.15) is 0 Å². The lowest BCUT2D eigenvalue weighted by molar-refractivity contribution is 0.102. The van der Waals surface area contributed by atoms with Crippen molar-refractivity contribution in [3.63, 3.8) is 0 Å². The summed E-state index contributed by atoms with van der Waals surface area (Å²) < 4.78 is 0. The van der Waals surface area contributed by atoms with E-state index in [0.29, 0.717) is 11.4 Å². The highest BCUT2D eigenvalue weighted by atomic mass is 16.1. The Labute approximate surface area is 125 Å². The summed E-state index contributed by atoms with van der Waals surface area (Å²) in [6, 6.07) is 9.62. The Bertz CT molecular complexity index is 643. The van der Waals surface area contributed by atoms with Crippen molar-refractivity contribution in [2.75, 3.05) is 17.7 Å². The fraction of sp³-hybridized carbons (Fsp3) is 0.294. The second-order valence-electron chi connectivity index (χ2n) is 5.11. The van der Waals surface area contributed by atoms with E-state index in [-0.39, 0.29) is 5.91 Å². The molecule has 4 nitrogen and oxygen atoms in total. The first-order valence-corrected chi connectivity index (χ1v) is 7.10. The van der Waals surface area contributed by atoms with Crippen LogP contribution >= 0.6 is 0 Å². The van der Waals surface area contributed by atoms with Crippen LogP contribution in [0.4, 0.5) is 11.5 Å². The molecule has 0 fully saturated rings. The average Bonchev–Trinajstić information content (AvgIpc) is 2.50. The fourth-order valence-corrected chi connectivity index (χ4v) is 2.09. The molecule has 0 saturated carbocycles. The summed E-state index contributed by atoms with van der Waals surface area (Å²) in [6.45, 7) is 6.02. The van der Waals surface area contributed by atoms with Crippen LogP contribution < -0.4 is 10.6 Å². The largest absolute Gasteiger partial charge is 0.373 e. The van der Waals surface area contributed by atoms with Crippen LogP contribution in [0.2, 0.25) is 0 Å². The Kier molecular flexibility index (Phi) is 4.58. The standard InChI is InChI=1S/C17H21N3O/c1-5-14-9-13(10-16(18-4)19-14)17(21)20-15-8-11(2)6-7-12(15)3/h6-10H,5H2,1-4H3,(H,18,19)(H,20,21). The lowest BCUT2D eigenvalue weighted by Gasteiger charge is -2.11. The Morgan fingerprint density at radius 1 is 1.19 bits per heavy atom. The maximum absolute atomic E-state index is 12.4. The molecular weight excluding hydrogens is 262 g/mol.